The Labute approximate surface area is 152 Å². The molecule has 4 rings (SSSR count). The molecule has 0 bridgehead atoms. The molecule has 0 radical (unpaired) electrons. The number of anilines is 1. The van der Waals surface area contributed by atoms with E-state index in [1.807, 2.05) is 66.7 Å². The van der Waals surface area contributed by atoms with Crippen molar-refractivity contribution < 1.29 is 0 Å². The Hall–Kier alpha value is -3.50. The molecule has 4 heteroatoms. The molecular weight excluding hydrogens is 320 g/mol. The van der Waals surface area contributed by atoms with Crippen LogP contribution in [-0.2, 0) is 0 Å². The van der Waals surface area contributed by atoms with Gasteiger partial charge in [-0.1, -0.05) is 91.0 Å². The summed E-state index contributed by atoms with van der Waals surface area (Å²) in [5.74, 6) is 6.32. The second-order valence-corrected chi connectivity index (χ2v) is 5.89. The normalized spacial score (nSPS) is 10.5. The lowest BCUT2D eigenvalue weighted by Crippen LogP contribution is -2.12. The van der Waals surface area contributed by atoms with Gasteiger partial charge in [-0.2, -0.15) is 0 Å². The minimum Gasteiger partial charge on any atom is -0.306 e. The van der Waals surface area contributed by atoms with Crippen LogP contribution in [0.25, 0.3) is 33.5 Å². The summed E-state index contributed by atoms with van der Waals surface area (Å²) in [7, 11) is 0. The predicted molar refractivity (Wildman–Crippen MR) is 106 cm³/mol. The fourth-order valence-corrected chi connectivity index (χ4v) is 3.11. The van der Waals surface area contributed by atoms with E-state index in [4.69, 9.17) is 5.84 Å². The number of nitrogen functional groups attached to an aromatic ring is 1. The Morgan fingerprint density at radius 2 is 1.00 bits per heavy atom. The summed E-state index contributed by atoms with van der Waals surface area (Å²) in [4.78, 5) is 0. The monoisotopic (exact) mass is 338 g/mol. The third-order valence-electron chi connectivity index (χ3n) is 4.28. The topological polar surface area (TPSA) is 63.8 Å². The number of hydrogen-bond acceptors (Lipinski definition) is 4. The van der Waals surface area contributed by atoms with Crippen LogP contribution in [0, 0.1) is 0 Å². The van der Waals surface area contributed by atoms with Crippen LogP contribution in [0.2, 0.25) is 0 Å². The summed E-state index contributed by atoms with van der Waals surface area (Å²) in [6, 6.07) is 30.4. The number of nitrogens with two attached hydrogens (primary N) is 1. The van der Waals surface area contributed by atoms with Crippen LogP contribution in [0.4, 0.5) is 5.82 Å². The van der Waals surface area contributed by atoms with Gasteiger partial charge in [-0.05, 0) is 11.1 Å². The predicted octanol–water partition coefficient (Wildman–Crippen LogP) is 4.76. The van der Waals surface area contributed by atoms with Gasteiger partial charge in [-0.15, -0.1) is 10.2 Å². The van der Waals surface area contributed by atoms with Crippen molar-refractivity contribution in [3.05, 3.63) is 91.0 Å². The SMILES string of the molecule is NNc1nnc(-c2ccccc2)c(-c2ccccc2)c1-c1ccccc1. The van der Waals surface area contributed by atoms with E-state index in [1.54, 1.807) is 0 Å². The molecule has 0 aliphatic rings. The van der Waals surface area contributed by atoms with Crippen LogP contribution in [0.5, 0.6) is 0 Å². The minimum atomic E-state index is 0.551. The fraction of sp³-hybridized carbons (Fsp3) is 0. The van der Waals surface area contributed by atoms with Gasteiger partial charge in [0.1, 0.15) is 5.69 Å². The molecule has 1 heterocycles. The maximum atomic E-state index is 5.77. The lowest BCUT2D eigenvalue weighted by atomic mass is 9.91. The highest BCUT2D eigenvalue weighted by Crippen LogP contribution is 2.41. The quantitative estimate of drug-likeness (QED) is 0.416. The van der Waals surface area contributed by atoms with E-state index < -0.39 is 0 Å². The number of aromatic nitrogens is 2. The first-order chi connectivity index (χ1) is 12.9. The van der Waals surface area contributed by atoms with Crippen molar-refractivity contribution in [2.45, 2.75) is 0 Å². The van der Waals surface area contributed by atoms with Gasteiger partial charge in [-0.3, -0.25) is 0 Å². The summed E-state index contributed by atoms with van der Waals surface area (Å²) in [5.41, 5.74) is 8.59. The first kappa shape index (κ1) is 16.0. The van der Waals surface area contributed by atoms with Crippen LogP contribution in [0.1, 0.15) is 0 Å². The van der Waals surface area contributed by atoms with Gasteiger partial charge in [0.15, 0.2) is 5.82 Å². The molecule has 1 aromatic heterocycles. The smallest absolute Gasteiger partial charge is 0.171 e. The Kier molecular flexibility index (Phi) is 4.41. The molecule has 0 saturated heterocycles. The van der Waals surface area contributed by atoms with E-state index in [0.29, 0.717) is 5.82 Å². The zero-order valence-electron chi connectivity index (χ0n) is 14.1. The molecule has 0 spiro atoms. The van der Waals surface area contributed by atoms with Crippen LogP contribution in [0.3, 0.4) is 0 Å². The average Bonchev–Trinajstić information content (AvgIpc) is 2.74. The van der Waals surface area contributed by atoms with Gasteiger partial charge in [0.25, 0.3) is 0 Å². The number of hydrazine groups is 1. The van der Waals surface area contributed by atoms with E-state index in [2.05, 4.69) is 39.9 Å². The lowest BCUT2D eigenvalue weighted by Gasteiger charge is -2.17. The van der Waals surface area contributed by atoms with Gasteiger partial charge in [0.2, 0.25) is 0 Å². The number of benzene rings is 3. The number of nitrogens with one attached hydrogen (secondary N) is 1. The summed E-state index contributed by atoms with van der Waals surface area (Å²) >= 11 is 0. The third kappa shape index (κ3) is 2.94. The summed E-state index contributed by atoms with van der Waals surface area (Å²) in [5, 5.41) is 8.84. The maximum absolute atomic E-state index is 5.77. The van der Waals surface area contributed by atoms with E-state index in [1.165, 1.54) is 0 Å². The van der Waals surface area contributed by atoms with Crippen molar-refractivity contribution in [2.75, 3.05) is 5.43 Å². The second-order valence-electron chi connectivity index (χ2n) is 5.89. The molecule has 3 N–H and O–H groups in total. The molecule has 4 aromatic rings. The minimum absolute atomic E-state index is 0.551. The van der Waals surface area contributed by atoms with Crippen LogP contribution >= 0.6 is 0 Å². The van der Waals surface area contributed by atoms with Crippen molar-refractivity contribution in [3.8, 4) is 33.5 Å². The van der Waals surface area contributed by atoms with Gasteiger partial charge in [0.05, 0.1) is 0 Å². The highest BCUT2D eigenvalue weighted by Gasteiger charge is 2.20. The molecule has 0 amide bonds. The fourth-order valence-electron chi connectivity index (χ4n) is 3.11. The van der Waals surface area contributed by atoms with Crippen LogP contribution in [-0.4, -0.2) is 10.2 Å². The first-order valence-electron chi connectivity index (χ1n) is 8.42. The molecular formula is C22H18N4. The molecule has 4 nitrogen and oxygen atoms in total. The molecule has 0 aliphatic heterocycles. The van der Waals surface area contributed by atoms with E-state index in [-0.39, 0.29) is 0 Å². The van der Waals surface area contributed by atoms with Crippen LogP contribution in [0.15, 0.2) is 91.0 Å². The van der Waals surface area contributed by atoms with Crippen molar-refractivity contribution in [3.63, 3.8) is 0 Å². The summed E-state index contributed by atoms with van der Waals surface area (Å²) < 4.78 is 0. The van der Waals surface area contributed by atoms with Crippen LogP contribution < -0.4 is 11.3 Å². The van der Waals surface area contributed by atoms with Gasteiger partial charge < -0.3 is 5.43 Å². The second kappa shape index (κ2) is 7.17. The molecule has 0 atom stereocenters. The Balaban J connectivity index is 2.09. The summed E-state index contributed by atoms with van der Waals surface area (Å²) in [6.45, 7) is 0. The molecule has 0 fully saturated rings. The highest BCUT2D eigenvalue weighted by molar-refractivity contribution is 5.96. The van der Waals surface area contributed by atoms with Crippen molar-refractivity contribution in [2.24, 2.45) is 5.84 Å². The zero-order chi connectivity index (χ0) is 17.8. The van der Waals surface area contributed by atoms with Gasteiger partial charge in [-0.25, -0.2) is 5.84 Å². The maximum Gasteiger partial charge on any atom is 0.171 e. The number of rotatable bonds is 4. The van der Waals surface area contributed by atoms with Crippen molar-refractivity contribution in [1.82, 2.24) is 10.2 Å². The molecule has 0 aliphatic carbocycles. The Morgan fingerprint density at radius 3 is 1.50 bits per heavy atom. The lowest BCUT2D eigenvalue weighted by molar-refractivity contribution is 1.03. The van der Waals surface area contributed by atoms with E-state index in [9.17, 15) is 0 Å². The zero-order valence-corrected chi connectivity index (χ0v) is 14.1. The molecule has 0 saturated carbocycles. The van der Waals surface area contributed by atoms with Gasteiger partial charge in [0, 0.05) is 16.7 Å². The molecule has 0 unspecified atom stereocenters. The van der Waals surface area contributed by atoms with Crippen molar-refractivity contribution in [1.29, 1.82) is 0 Å². The van der Waals surface area contributed by atoms with E-state index >= 15 is 0 Å². The standard InChI is InChI=1S/C22H18N4/c23-24-22-20(17-12-6-2-7-13-17)19(16-10-4-1-5-11-16)21(25-26-22)18-14-8-3-9-15-18/h1-15H,23H2,(H,24,26). The molecule has 26 heavy (non-hydrogen) atoms. The number of hydrogen-bond donors (Lipinski definition) is 2. The highest BCUT2D eigenvalue weighted by atomic mass is 15.3. The Morgan fingerprint density at radius 1 is 0.538 bits per heavy atom. The van der Waals surface area contributed by atoms with Gasteiger partial charge >= 0.3 is 0 Å². The van der Waals surface area contributed by atoms with Crippen molar-refractivity contribution >= 4 is 5.82 Å². The largest absolute Gasteiger partial charge is 0.306 e. The first-order valence-corrected chi connectivity index (χ1v) is 8.42. The molecule has 126 valence electrons. The Bertz CT molecular complexity index is 1000. The third-order valence-corrected chi connectivity index (χ3v) is 4.28. The summed E-state index contributed by atoms with van der Waals surface area (Å²) in [6.07, 6.45) is 0. The molecule has 3 aromatic carbocycles. The average molecular weight is 338 g/mol. The van der Waals surface area contributed by atoms with E-state index in [0.717, 1.165) is 33.5 Å². The number of nitrogens with zero attached hydrogens (tertiary/aromatic N) is 2.